The Bertz CT molecular complexity index is 728. The van der Waals surface area contributed by atoms with E-state index in [1.807, 2.05) is 44.2 Å². The molecule has 0 radical (unpaired) electrons. The van der Waals surface area contributed by atoms with Crippen LogP contribution in [0.1, 0.15) is 29.8 Å². The van der Waals surface area contributed by atoms with Crippen LogP contribution in [0, 0.1) is 5.92 Å². The second-order valence-corrected chi connectivity index (χ2v) is 5.98. The van der Waals surface area contributed by atoms with Gasteiger partial charge in [0, 0.05) is 18.3 Å². The molecule has 0 saturated carbocycles. The third-order valence-electron chi connectivity index (χ3n) is 4.00. The van der Waals surface area contributed by atoms with E-state index in [0.29, 0.717) is 17.9 Å². The van der Waals surface area contributed by atoms with Crippen LogP contribution in [-0.4, -0.2) is 27.7 Å². The molecule has 0 fully saturated rings. The number of benzene rings is 1. The summed E-state index contributed by atoms with van der Waals surface area (Å²) in [5.74, 6) is 0.194. The summed E-state index contributed by atoms with van der Waals surface area (Å²) < 4.78 is 0. The van der Waals surface area contributed by atoms with E-state index < -0.39 is 6.04 Å². The Morgan fingerprint density at radius 1 is 1.17 bits per heavy atom. The van der Waals surface area contributed by atoms with Crippen LogP contribution >= 0.6 is 0 Å². The first kappa shape index (κ1) is 15.2. The van der Waals surface area contributed by atoms with Crippen LogP contribution in [0.25, 0.3) is 0 Å². The maximum absolute atomic E-state index is 12.7. The van der Waals surface area contributed by atoms with Gasteiger partial charge in [-0.05, 0) is 29.7 Å². The van der Waals surface area contributed by atoms with Crippen LogP contribution < -0.4 is 5.32 Å². The summed E-state index contributed by atoms with van der Waals surface area (Å²) in [6.07, 6.45) is 1.62. The minimum Gasteiger partial charge on any atom is -0.322 e. The van der Waals surface area contributed by atoms with E-state index in [-0.39, 0.29) is 17.7 Å². The summed E-state index contributed by atoms with van der Waals surface area (Å²) in [5.41, 5.74) is 1.65. The highest BCUT2D eigenvalue weighted by atomic mass is 16.2. The lowest BCUT2D eigenvalue weighted by molar-refractivity contribution is -0.122. The molecular weight excluding hydrogens is 290 g/mol. The van der Waals surface area contributed by atoms with Gasteiger partial charge in [0.05, 0.1) is 0 Å². The van der Waals surface area contributed by atoms with Crippen LogP contribution in [-0.2, 0) is 11.3 Å². The SMILES string of the molecule is CC(C)[C@H](C(=O)Nc1ccccn1)N1Cc2ccccc2C1=O. The fourth-order valence-corrected chi connectivity index (χ4v) is 2.94. The topological polar surface area (TPSA) is 62.3 Å². The minimum atomic E-state index is -0.531. The van der Waals surface area contributed by atoms with Crippen molar-refractivity contribution in [3.05, 3.63) is 59.8 Å². The average Bonchev–Trinajstić information content (AvgIpc) is 2.85. The summed E-state index contributed by atoms with van der Waals surface area (Å²) in [7, 11) is 0. The third kappa shape index (κ3) is 2.95. The monoisotopic (exact) mass is 309 g/mol. The zero-order valence-corrected chi connectivity index (χ0v) is 13.2. The largest absolute Gasteiger partial charge is 0.322 e. The molecule has 1 aromatic heterocycles. The van der Waals surface area contributed by atoms with E-state index in [1.54, 1.807) is 23.2 Å². The molecule has 0 spiro atoms. The quantitative estimate of drug-likeness (QED) is 0.944. The molecule has 5 heteroatoms. The molecule has 118 valence electrons. The number of fused-ring (bicyclic) bond motifs is 1. The molecular formula is C18H19N3O2. The number of nitrogens with one attached hydrogen (secondary N) is 1. The zero-order valence-electron chi connectivity index (χ0n) is 13.2. The van der Waals surface area contributed by atoms with Crippen molar-refractivity contribution in [2.75, 3.05) is 5.32 Å². The Morgan fingerprint density at radius 3 is 2.57 bits per heavy atom. The molecule has 2 aromatic rings. The second-order valence-electron chi connectivity index (χ2n) is 5.98. The molecule has 1 N–H and O–H groups in total. The fourth-order valence-electron chi connectivity index (χ4n) is 2.94. The first-order valence-electron chi connectivity index (χ1n) is 7.68. The number of hydrogen-bond acceptors (Lipinski definition) is 3. The van der Waals surface area contributed by atoms with Gasteiger partial charge in [-0.1, -0.05) is 38.1 Å². The molecule has 3 rings (SSSR count). The molecule has 1 aromatic carbocycles. The van der Waals surface area contributed by atoms with Crippen molar-refractivity contribution in [3.8, 4) is 0 Å². The molecule has 1 atom stereocenters. The van der Waals surface area contributed by atoms with E-state index in [9.17, 15) is 9.59 Å². The van der Waals surface area contributed by atoms with Crippen molar-refractivity contribution in [3.63, 3.8) is 0 Å². The molecule has 0 aliphatic carbocycles. The van der Waals surface area contributed by atoms with Gasteiger partial charge in [0.25, 0.3) is 5.91 Å². The molecule has 5 nitrogen and oxygen atoms in total. The zero-order chi connectivity index (χ0) is 16.4. The van der Waals surface area contributed by atoms with Crippen LogP contribution in [0.5, 0.6) is 0 Å². The Balaban J connectivity index is 1.83. The van der Waals surface area contributed by atoms with Crippen molar-refractivity contribution < 1.29 is 9.59 Å². The van der Waals surface area contributed by atoms with E-state index in [0.717, 1.165) is 5.56 Å². The second kappa shape index (κ2) is 6.20. The van der Waals surface area contributed by atoms with E-state index in [1.165, 1.54) is 0 Å². The number of carbonyl (C=O) groups excluding carboxylic acids is 2. The molecule has 2 heterocycles. The standard InChI is InChI=1S/C18H19N3O2/c1-12(2)16(17(22)20-15-9-5-6-10-19-15)21-11-13-7-3-4-8-14(13)18(21)23/h3-10,12,16H,11H2,1-2H3,(H,19,20,22)/t16-/m1/s1. The molecule has 1 aliphatic heterocycles. The molecule has 0 unspecified atom stereocenters. The predicted molar refractivity (Wildman–Crippen MR) is 87.8 cm³/mol. The maximum Gasteiger partial charge on any atom is 0.255 e. The van der Waals surface area contributed by atoms with Gasteiger partial charge in [0.15, 0.2) is 0 Å². The van der Waals surface area contributed by atoms with Crippen molar-refractivity contribution >= 4 is 17.6 Å². The molecule has 0 bridgehead atoms. The summed E-state index contributed by atoms with van der Waals surface area (Å²) in [4.78, 5) is 31.1. The van der Waals surface area contributed by atoms with Crippen LogP contribution in [0.15, 0.2) is 48.7 Å². The summed E-state index contributed by atoms with van der Waals surface area (Å²) in [6, 6.07) is 12.3. The first-order chi connectivity index (χ1) is 11.1. The molecule has 23 heavy (non-hydrogen) atoms. The highest BCUT2D eigenvalue weighted by Crippen LogP contribution is 2.27. The highest BCUT2D eigenvalue weighted by Gasteiger charge is 2.37. The van der Waals surface area contributed by atoms with Crippen molar-refractivity contribution in [2.45, 2.75) is 26.4 Å². The first-order valence-corrected chi connectivity index (χ1v) is 7.68. The minimum absolute atomic E-state index is 0.00280. The Kier molecular flexibility index (Phi) is 4.10. The smallest absolute Gasteiger partial charge is 0.255 e. The molecule has 2 amide bonds. The fraction of sp³-hybridized carbons (Fsp3) is 0.278. The molecule has 1 aliphatic rings. The maximum atomic E-state index is 12.7. The number of pyridine rings is 1. The summed E-state index contributed by atoms with van der Waals surface area (Å²) >= 11 is 0. The van der Waals surface area contributed by atoms with E-state index in [2.05, 4.69) is 10.3 Å². The van der Waals surface area contributed by atoms with Crippen molar-refractivity contribution in [1.82, 2.24) is 9.88 Å². The number of carbonyl (C=O) groups is 2. The Hall–Kier alpha value is -2.69. The Labute approximate surface area is 135 Å². The van der Waals surface area contributed by atoms with Gasteiger partial charge in [-0.2, -0.15) is 0 Å². The number of hydrogen-bond donors (Lipinski definition) is 1. The summed E-state index contributed by atoms with van der Waals surface area (Å²) in [5, 5.41) is 2.80. The number of amides is 2. The van der Waals surface area contributed by atoms with Crippen molar-refractivity contribution in [2.24, 2.45) is 5.92 Å². The highest BCUT2D eigenvalue weighted by molar-refractivity contribution is 6.03. The van der Waals surface area contributed by atoms with E-state index in [4.69, 9.17) is 0 Å². The van der Waals surface area contributed by atoms with Crippen molar-refractivity contribution in [1.29, 1.82) is 0 Å². The number of anilines is 1. The van der Waals surface area contributed by atoms with Gasteiger partial charge in [0.1, 0.15) is 11.9 Å². The van der Waals surface area contributed by atoms with Gasteiger partial charge < -0.3 is 10.2 Å². The van der Waals surface area contributed by atoms with Gasteiger partial charge >= 0.3 is 0 Å². The lowest BCUT2D eigenvalue weighted by Gasteiger charge is -2.29. The number of nitrogens with zero attached hydrogens (tertiary/aromatic N) is 2. The number of rotatable bonds is 4. The van der Waals surface area contributed by atoms with Gasteiger partial charge in [-0.25, -0.2) is 4.98 Å². The average molecular weight is 309 g/mol. The molecule has 0 saturated heterocycles. The number of aromatic nitrogens is 1. The lowest BCUT2D eigenvalue weighted by Crippen LogP contribution is -2.47. The summed E-state index contributed by atoms with van der Waals surface area (Å²) in [6.45, 7) is 4.35. The predicted octanol–water partition coefficient (Wildman–Crippen LogP) is 2.70. The normalized spacial score (nSPS) is 14.7. The third-order valence-corrected chi connectivity index (χ3v) is 4.00. The van der Waals surface area contributed by atoms with Gasteiger partial charge in [0.2, 0.25) is 5.91 Å². The Morgan fingerprint density at radius 2 is 1.91 bits per heavy atom. The van der Waals surface area contributed by atoms with E-state index >= 15 is 0 Å². The van der Waals surface area contributed by atoms with Crippen LogP contribution in [0.2, 0.25) is 0 Å². The van der Waals surface area contributed by atoms with Crippen LogP contribution in [0.4, 0.5) is 5.82 Å². The van der Waals surface area contributed by atoms with Gasteiger partial charge in [-0.15, -0.1) is 0 Å². The lowest BCUT2D eigenvalue weighted by atomic mass is 10.0. The van der Waals surface area contributed by atoms with Crippen LogP contribution in [0.3, 0.4) is 0 Å². The van der Waals surface area contributed by atoms with Gasteiger partial charge in [-0.3, -0.25) is 9.59 Å².